The molecular weight excluding hydrogens is 373 g/mol. The summed E-state index contributed by atoms with van der Waals surface area (Å²) in [5.41, 5.74) is 2.83. The molecule has 0 aliphatic carbocycles. The Morgan fingerprint density at radius 3 is 2.15 bits per heavy atom. The molecule has 2 aliphatic rings. The molecule has 26 heavy (non-hydrogen) atoms. The van der Waals surface area contributed by atoms with E-state index in [-0.39, 0.29) is 11.9 Å². The van der Waals surface area contributed by atoms with Gasteiger partial charge in [0.2, 0.25) is 0 Å². The fourth-order valence-electron chi connectivity index (χ4n) is 3.30. The Balaban J connectivity index is 1.75. The molecule has 2 aromatic rings. The Hall–Kier alpha value is -2.50. The van der Waals surface area contributed by atoms with Crippen LogP contribution in [0.5, 0.6) is 0 Å². The molecule has 2 aliphatic heterocycles. The van der Waals surface area contributed by atoms with Gasteiger partial charge in [0.15, 0.2) is 0 Å². The van der Waals surface area contributed by atoms with Crippen LogP contribution >= 0.6 is 23.2 Å². The maximum atomic E-state index is 13.2. The van der Waals surface area contributed by atoms with Gasteiger partial charge >= 0.3 is 6.03 Å². The minimum atomic E-state index is -0.504. The van der Waals surface area contributed by atoms with Crippen LogP contribution in [0.4, 0.5) is 10.5 Å². The number of hydrogen-bond acceptors (Lipinski definition) is 2. The van der Waals surface area contributed by atoms with Crippen molar-refractivity contribution in [2.75, 3.05) is 18.5 Å². The van der Waals surface area contributed by atoms with Crippen molar-refractivity contribution in [1.82, 2.24) is 10.2 Å². The van der Waals surface area contributed by atoms with Crippen molar-refractivity contribution >= 4 is 40.8 Å². The lowest BCUT2D eigenvalue weighted by Gasteiger charge is -2.31. The summed E-state index contributed by atoms with van der Waals surface area (Å²) in [6, 6.07) is 13.5. The molecule has 0 bridgehead atoms. The zero-order chi connectivity index (χ0) is 18.4. The van der Waals surface area contributed by atoms with Gasteiger partial charge in [0, 0.05) is 22.8 Å². The normalized spacial score (nSPS) is 19.7. The number of rotatable bonds is 2. The number of halogens is 2. The molecule has 0 saturated heterocycles. The second kappa shape index (κ2) is 6.34. The fraction of sp³-hybridized carbons (Fsp3) is 0.158. The molecule has 1 N–H and O–H groups in total. The molecule has 2 heterocycles. The van der Waals surface area contributed by atoms with E-state index in [4.69, 9.17) is 23.2 Å². The quantitative estimate of drug-likeness (QED) is 0.846. The first-order chi connectivity index (χ1) is 12.5. The molecule has 2 aromatic carbocycles. The second-order valence-corrected chi connectivity index (χ2v) is 7.09. The summed E-state index contributed by atoms with van der Waals surface area (Å²) in [4.78, 5) is 28.7. The molecule has 1 atom stereocenters. The molecule has 0 saturated carbocycles. The number of nitrogens with zero attached hydrogens (tertiary/aromatic N) is 2. The molecule has 0 spiro atoms. The highest BCUT2D eigenvalue weighted by molar-refractivity contribution is 6.31. The van der Waals surface area contributed by atoms with Gasteiger partial charge in [-0.1, -0.05) is 35.3 Å². The fourth-order valence-corrected chi connectivity index (χ4v) is 3.55. The smallest absolute Gasteiger partial charge is 0.322 e. The number of carbonyl (C=O) groups excluding carboxylic acids is 2. The average Bonchev–Trinajstić information content (AvgIpc) is 2.97. The topological polar surface area (TPSA) is 52.7 Å². The van der Waals surface area contributed by atoms with Crippen LogP contribution in [0.3, 0.4) is 0 Å². The summed E-state index contributed by atoms with van der Waals surface area (Å²) in [5.74, 6) is -0.130. The third kappa shape index (κ3) is 2.73. The zero-order valence-electron chi connectivity index (χ0n) is 13.9. The first-order valence-electron chi connectivity index (χ1n) is 8.06. The minimum Gasteiger partial charge on any atom is -0.327 e. The number of hydrogen-bond donors (Lipinski definition) is 1. The van der Waals surface area contributed by atoms with E-state index in [1.165, 1.54) is 4.90 Å². The summed E-state index contributed by atoms with van der Waals surface area (Å²) < 4.78 is 0. The highest BCUT2D eigenvalue weighted by Gasteiger charge is 2.43. The van der Waals surface area contributed by atoms with Gasteiger partial charge in [-0.25, -0.2) is 4.79 Å². The zero-order valence-corrected chi connectivity index (χ0v) is 15.4. The van der Waals surface area contributed by atoms with Crippen LogP contribution in [0, 0.1) is 0 Å². The van der Waals surface area contributed by atoms with E-state index < -0.39 is 6.04 Å². The Kier molecular flexibility index (Phi) is 4.13. The van der Waals surface area contributed by atoms with E-state index >= 15 is 0 Å². The van der Waals surface area contributed by atoms with Crippen LogP contribution in [0.1, 0.15) is 11.6 Å². The van der Waals surface area contributed by atoms with Crippen molar-refractivity contribution in [1.29, 1.82) is 0 Å². The van der Waals surface area contributed by atoms with Crippen molar-refractivity contribution < 1.29 is 9.59 Å². The Labute approximate surface area is 160 Å². The largest absolute Gasteiger partial charge is 0.327 e. The van der Waals surface area contributed by atoms with E-state index in [1.54, 1.807) is 48.3 Å². The summed E-state index contributed by atoms with van der Waals surface area (Å²) in [6.07, 6.45) is 0. The van der Waals surface area contributed by atoms with Gasteiger partial charge in [0.1, 0.15) is 0 Å². The van der Waals surface area contributed by atoms with Gasteiger partial charge in [0.05, 0.1) is 23.9 Å². The number of carbonyl (C=O) groups is 2. The first-order valence-corrected chi connectivity index (χ1v) is 8.81. The van der Waals surface area contributed by atoms with Crippen LogP contribution < -0.4 is 10.2 Å². The Bertz CT molecular complexity index is 923. The van der Waals surface area contributed by atoms with Crippen LogP contribution in [-0.4, -0.2) is 30.4 Å². The predicted octanol–water partition coefficient (Wildman–Crippen LogP) is 3.99. The Morgan fingerprint density at radius 2 is 1.54 bits per heavy atom. The number of benzene rings is 2. The van der Waals surface area contributed by atoms with Crippen LogP contribution in [0.2, 0.25) is 10.0 Å². The molecule has 3 amide bonds. The molecule has 0 radical (unpaired) electrons. The average molecular weight is 388 g/mol. The van der Waals surface area contributed by atoms with Crippen molar-refractivity contribution in [2.24, 2.45) is 0 Å². The summed E-state index contributed by atoms with van der Waals surface area (Å²) >= 11 is 11.9. The van der Waals surface area contributed by atoms with Crippen LogP contribution in [-0.2, 0) is 4.79 Å². The SMILES string of the molecule is CN1C(=O)N[C@@H](c2ccc(Cl)cc2)C2=C1CN(c1ccc(Cl)cc1)C2=O. The van der Waals surface area contributed by atoms with Gasteiger partial charge in [-0.15, -0.1) is 0 Å². The minimum absolute atomic E-state index is 0.130. The summed E-state index contributed by atoms with van der Waals surface area (Å²) in [6.45, 7) is 0.337. The first kappa shape index (κ1) is 16.9. The number of nitrogens with one attached hydrogen (secondary N) is 1. The van der Waals surface area contributed by atoms with Gasteiger partial charge in [0.25, 0.3) is 5.91 Å². The van der Waals surface area contributed by atoms with Crippen molar-refractivity contribution in [2.45, 2.75) is 6.04 Å². The van der Waals surface area contributed by atoms with Crippen LogP contribution in [0.25, 0.3) is 0 Å². The summed E-state index contributed by atoms with van der Waals surface area (Å²) in [5, 5.41) is 4.10. The molecule has 7 heteroatoms. The van der Waals surface area contributed by atoms with Gasteiger partial charge in [-0.05, 0) is 42.0 Å². The van der Waals surface area contributed by atoms with E-state index in [2.05, 4.69) is 5.32 Å². The van der Waals surface area contributed by atoms with E-state index in [9.17, 15) is 9.59 Å². The number of amides is 3. The highest BCUT2D eigenvalue weighted by Crippen LogP contribution is 2.37. The van der Waals surface area contributed by atoms with Gasteiger partial charge in [-0.2, -0.15) is 0 Å². The molecule has 132 valence electrons. The van der Waals surface area contributed by atoms with E-state index in [0.29, 0.717) is 27.9 Å². The predicted molar refractivity (Wildman–Crippen MR) is 101 cm³/mol. The van der Waals surface area contributed by atoms with E-state index in [1.807, 2.05) is 12.1 Å². The van der Waals surface area contributed by atoms with Crippen molar-refractivity contribution in [3.63, 3.8) is 0 Å². The van der Waals surface area contributed by atoms with Crippen molar-refractivity contribution in [3.8, 4) is 0 Å². The monoisotopic (exact) mass is 387 g/mol. The lowest BCUT2D eigenvalue weighted by molar-refractivity contribution is -0.114. The lowest BCUT2D eigenvalue weighted by Crippen LogP contribution is -2.45. The molecule has 0 fully saturated rings. The van der Waals surface area contributed by atoms with E-state index in [0.717, 1.165) is 11.3 Å². The molecule has 4 rings (SSSR count). The molecule has 0 unspecified atom stereocenters. The maximum absolute atomic E-state index is 13.2. The third-order valence-electron chi connectivity index (χ3n) is 4.70. The summed E-state index contributed by atoms with van der Waals surface area (Å²) in [7, 11) is 1.67. The van der Waals surface area contributed by atoms with Crippen molar-refractivity contribution in [3.05, 3.63) is 75.4 Å². The van der Waals surface area contributed by atoms with Gasteiger partial charge in [-0.3, -0.25) is 9.69 Å². The number of anilines is 1. The lowest BCUT2D eigenvalue weighted by atomic mass is 9.96. The van der Waals surface area contributed by atoms with Crippen LogP contribution in [0.15, 0.2) is 59.8 Å². The standard InChI is InChI=1S/C19H15Cl2N3O2/c1-23-15-10-24(14-8-6-13(21)7-9-14)18(25)16(15)17(22-19(23)26)11-2-4-12(20)5-3-11/h2-9,17H,10H2,1H3,(H,22,26)/t17-/m0/s1. The third-order valence-corrected chi connectivity index (χ3v) is 5.21. The molecule has 0 aromatic heterocycles. The second-order valence-electron chi connectivity index (χ2n) is 6.22. The Morgan fingerprint density at radius 1 is 0.962 bits per heavy atom. The maximum Gasteiger partial charge on any atom is 0.322 e. The number of likely N-dealkylation sites (N-methyl/N-ethyl adjacent to an activating group) is 1. The number of urea groups is 1. The van der Waals surface area contributed by atoms with Gasteiger partial charge < -0.3 is 10.2 Å². The molecule has 5 nitrogen and oxygen atoms in total. The molecular formula is C19H15Cl2N3O2. The highest BCUT2D eigenvalue weighted by atomic mass is 35.5.